The summed E-state index contributed by atoms with van der Waals surface area (Å²) in [4.78, 5) is 0. The molecule has 0 amide bonds. The molecule has 0 aromatic carbocycles. The third-order valence-electron chi connectivity index (χ3n) is 1.23. The van der Waals surface area contributed by atoms with Crippen LogP contribution in [-0.2, 0) is 0 Å². The first-order valence-corrected chi connectivity index (χ1v) is 4.64. The number of hydrogen-bond donors (Lipinski definition) is 1. The highest BCUT2D eigenvalue weighted by Crippen LogP contribution is 2.05. The molecule has 0 spiro atoms. The van der Waals surface area contributed by atoms with Gasteiger partial charge in [0.15, 0.2) is 0 Å². The molecule has 0 bridgehead atoms. The van der Waals surface area contributed by atoms with Gasteiger partial charge in [0.1, 0.15) is 0 Å². The maximum absolute atomic E-state index is 5.38. The fourth-order valence-electron chi connectivity index (χ4n) is 0.321. The van der Waals surface area contributed by atoms with Crippen LogP contribution in [0.5, 0.6) is 0 Å². The summed E-state index contributed by atoms with van der Waals surface area (Å²) in [6.45, 7) is 17.6. The van der Waals surface area contributed by atoms with Crippen LogP contribution in [0.15, 0.2) is 23.4 Å². The molecule has 1 heteroatoms. The average Bonchev–Trinajstić information content (AvgIpc) is 2.10. The molecule has 12 heavy (non-hydrogen) atoms. The molecule has 0 aliphatic heterocycles. The lowest BCUT2D eigenvalue weighted by Crippen LogP contribution is -1.96. The molecule has 2 N–H and O–H groups in total. The minimum Gasteiger partial charge on any atom is -0.399 e. The normalized spacial score (nSPS) is 6.58. The number of rotatable bonds is 1. The Bertz CT molecular complexity index is 128. The topological polar surface area (TPSA) is 26.0 Å². The molecule has 0 rings (SSSR count). The van der Waals surface area contributed by atoms with Gasteiger partial charge in [0.05, 0.1) is 0 Å². The molecule has 0 heterocycles. The van der Waals surface area contributed by atoms with Crippen molar-refractivity contribution in [1.29, 1.82) is 0 Å². The van der Waals surface area contributed by atoms with Gasteiger partial charge in [-0.05, 0) is 26.3 Å². The standard InChI is InChI=1S/C7H13N.2C2H6/c1-5(2)6(3)7(4)8;2*1-2/h4,8H2,1-3H3;2*1-2H3. The molecular formula is C11H25N. The van der Waals surface area contributed by atoms with Crippen LogP contribution in [0.1, 0.15) is 48.5 Å². The molecule has 0 aliphatic carbocycles. The van der Waals surface area contributed by atoms with Crippen LogP contribution in [0, 0.1) is 0 Å². The van der Waals surface area contributed by atoms with Gasteiger partial charge in [-0.1, -0.05) is 39.8 Å². The molecular weight excluding hydrogens is 146 g/mol. The first kappa shape index (κ1) is 17.4. The molecule has 1 nitrogen and oxygen atoms in total. The summed E-state index contributed by atoms with van der Waals surface area (Å²) >= 11 is 0. The number of hydrogen-bond acceptors (Lipinski definition) is 1. The second-order valence-electron chi connectivity index (χ2n) is 2.15. The van der Waals surface area contributed by atoms with E-state index in [9.17, 15) is 0 Å². The van der Waals surface area contributed by atoms with Crippen LogP contribution in [-0.4, -0.2) is 0 Å². The Morgan fingerprint density at radius 3 is 1.17 bits per heavy atom. The predicted octanol–water partition coefficient (Wildman–Crippen LogP) is 3.87. The molecule has 0 saturated heterocycles. The summed E-state index contributed by atoms with van der Waals surface area (Å²) < 4.78 is 0. The van der Waals surface area contributed by atoms with E-state index in [2.05, 4.69) is 6.58 Å². The highest BCUT2D eigenvalue weighted by Gasteiger charge is 1.89. The SMILES string of the molecule is C=C(N)C(C)=C(C)C.CC.CC. The first-order valence-electron chi connectivity index (χ1n) is 4.64. The highest BCUT2D eigenvalue weighted by molar-refractivity contribution is 5.26. The van der Waals surface area contributed by atoms with E-state index in [-0.39, 0.29) is 0 Å². The van der Waals surface area contributed by atoms with E-state index < -0.39 is 0 Å². The van der Waals surface area contributed by atoms with Gasteiger partial charge in [0.2, 0.25) is 0 Å². The van der Waals surface area contributed by atoms with Crippen molar-refractivity contribution in [2.24, 2.45) is 5.73 Å². The van der Waals surface area contributed by atoms with Gasteiger partial charge in [-0.2, -0.15) is 0 Å². The summed E-state index contributed by atoms with van der Waals surface area (Å²) in [6, 6.07) is 0. The third kappa shape index (κ3) is 12.0. The van der Waals surface area contributed by atoms with Crippen molar-refractivity contribution < 1.29 is 0 Å². The zero-order valence-corrected chi connectivity index (χ0v) is 9.78. The Morgan fingerprint density at radius 1 is 0.917 bits per heavy atom. The van der Waals surface area contributed by atoms with Crippen molar-refractivity contribution >= 4 is 0 Å². The van der Waals surface area contributed by atoms with Crippen molar-refractivity contribution in [2.45, 2.75) is 48.5 Å². The van der Waals surface area contributed by atoms with E-state index in [1.807, 2.05) is 48.5 Å². The van der Waals surface area contributed by atoms with Gasteiger partial charge >= 0.3 is 0 Å². The minimum absolute atomic E-state index is 0.671. The summed E-state index contributed by atoms with van der Waals surface area (Å²) in [7, 11) is 0. The summed E-state index contributed by atoms with van der Waals surface area (Å²) in [5, 5.41) is 0. The summed E-state index contributed by atoms with van der Waals surface area (Å²) in [5.41, 5.74) is 8.39. The Morgan fingerprint density at radius 2 is 1.17 bits per heavy atom. The maximum Gasteiger partial charge on any atom is 0.0269 e. The fraction of sp³-hybridized carbons (Fsp3) is 0.636. The van der Waals surface area contributed by atoms with Crippen molar-refractivity contribution in [3.8, 4) is 0 Å². The minimum atomic E-state index is 0.671. The smallest absolute Gasteiger partial charge is 0.0269 e. The summed E-state index contributed by atoms with van der Waals surface area (Å²) in [5.74, 6) is 0. The van der Waals surface area contributed by atoms with Crippen LogP contribution in [0.3, 0.4) is 0 Å². The Hall–Kier alpha value is -0.720. The van der Waals surface area contributed by atoms with Crippen molar-refractivity contribution in [1.82, 2.24) is 0 Å². The molecule has 74 valence electrons. The molecule has 0 aromatic heterocycles. The van der Waals surface area contributed by atoms with Gasteiger partial charge in [-0.15, -0.1) is 0 Å². The van der Waals surface area contributed by atoms with Crippen LogP contribution in [0.25, 0.3) is 0 Å². The summed E-state index contributed by atoms with van der Waals surface area (Å²) in [6.07, 6.45) is 0. The average molecular weight is 171 g/mol. The molecule has 0 saturated carbocycles. The molecule has 0 aliphatic rings. The second-order valence-corrected chi connectivity index (χ2v) is 2.15. The monoisotopic (exact) mass is 171 g/mol. The molecule has 0 atom stereocenters. The quantitative estimate of drug-likeness (QED) is 0.595. The lowest BCUT2D eigenvalue weighted by molar-refractivity contribution is 1.21. The van der Waals surface area contributed by atoms with Gasteiger partial charge < -0.3 is 5.73 Å². The number of nitrogens with two attached hydrogens (primary N) is 1. The second kappa shape index (κ2) is 12.9. The van der Waals surface area contributed by atoms with Crippen molar-refractivity contribution in [2.75, 3.05) is 0 Å². The van der Waals surface area contributed by atoms with E-state index >= 15 is 0 Å². The molecule has 0 aromatic rings. The predicted molar refractivity (Wildman–Crippen MR) is 60.1 cm³/mol. The molecule has 0 radical (unpaired) electrons. The molecule has 0 fully saturated rings. The van der Waals surface area contributed by atoms with Gasteiger partial charge in [0.25, 0.3) is 0 Å². The van der Waals surface area contributed by atoms with Gasteiger partial charge in [-0.25, -0.2) is 0 Å². The lowest BCUT2D eigenvalue weighted by atomic mass is 10.1. The number of allylic oxidation sites excluding steroid dienone is 2. The maximum atomic E-state index is 5.38. The molecule has 0 unspecified atom stereocenters. The van der Waals surface area contributed by atoms with E-state index in [4.69, 9.17) is 5.73 Å². The zero-order chi connectivity index (χ0) is 10.7. The van der Waals surface area contributed by atoms with Crippen LogP contribution in [0.2, 0.25) is 0 Å². The first-order chi connectivity index (χ1) is 5.55. The highest BCUT2D eigenvalue weighted by atomic mass is 14.6. The Balaban J connectivity index is -0.000000175. The Labute approximate surface area is 78.4 Å². The van der Waals surface area contributed by atoms with Crippen LogP contribution < -0.4 is 5.73 Å². The zero-order valence-electron chi connectivity index (χ0n) is 9.78. The Kier molecular flexibility index (Phi) is 18.7. The van der Waals surface area contributed by atoms with Crippen molar-refractivity contribution in [3.63, 3.8) is 0 Å². The third-order valence-corrected chi connectivity index (χ3v) is 1.23. The fourth-order valence-corrected chi connectivity index (χ4v) is 0.321. The van der Waals surface area contributed by atoms with Gasteiger partial charge in [-0.3, -0.25) is 0 Å². The van der Waals surface area contributed by atoms with E-state index in [0.29, 0.717) is 5.70 Å². The van der Waals surface area contributed by atoms with Crippen LogP contribution in [0.4, 0.5) is 0 Å². The van der Waals surface area contributed by atoms with Gasteiger partial charge in [0, 0.05) is 5.70 Å². The van der Waals surface area contributed by atoms with E-state index in [1.54, 1.807) is 0 Å². The largest absolute Gasteiger partial charge is 0.399 e. The van der Waals surface area contributed by atoms with E-state index in [1.165, 1.54) is 5.57 Å². The van der Waals surface area contributed by atoms with Crippen LogP contribution >= 0.6 is 0 Å². The van der Waals surface area contributed by atoms with E-state index in [0.717, 1.165) is 5.57 Å². The lowest BCUT2D eigenvalue weighted by Gasteiger charge is -1.99. The van der Waals surface area contributed by atoms with Crippen molar-refractivity contribution in [3.05, 3.63) is 23.4 Å².